The van der Waals surface area contributed by atoms with E-state index in [1.54, 1.807) is 0 Å². The zero-order chi connectivity index (χ0) is 35.8. The topological polar surface area (TPSA) is 16.4 Å². The Labute approximate surface area is 314 Å². The molecule has 2 nitrogen and oxygen atoms in total. The molecule has 1 aromatic heterocycles. The van der Waals surface area contributed by atoms with E-state index in [0.29, 0.717) is 0 Å². The molecule has 0 saturated heterocycles. The predicted molar refractivity (Wildman–Crippen MR) is 228 cm³/mol. The van der Waals surface area contributed by atoms with Gasteiger partial charge in [-0.2, -0.15) is 0 Å². The van der Waals surface area contributed by atoms with Gasteiger partial charge in [0.25, 0.3) is 0 Å². The van der Waals surface area contributed by atoms with Gasteiger partial charge in [0.1, 0.15) is 11.2 Å². The number of furan rings is 1. The Balaban J connectivity index is 1.23. The molecule has 9 aromatic carbocycles. The molecule has 0 unspecified atom stereocenters. The first kappa shape index (κ1) is 31.6. The minimum absolute atomic E-state index is 0.883. The molecule has 0 spiro atoms. The standard InChI is InChI=1S/C52H35NO/c1-5-15-36(16-6-1)38-25-29-42(30-26-38)53(43-31-27-39(28-32-43)37-17-7-2-8-18-37)44-33-48(41-21-11-4-12-22-41)52-49(34-44)50-35-47(40-19-9-3-10-20-40)45-23-13-14-24-46(45)51(50)54-52/h1-35H. The van der Waals surface area contributed by atoms with Gasteiger partial charge in [-0.05, 0) is 86.8 Å². The van der Waals surface area contributed by atoms with Crippen LogP contribution < -0.4 is 4.90 Å². The zero-order valence-corrected chi connectivity index (χ0v) is 29.6. The number of hydrogen-bond acceptors (Lipinski definition) is 2. The van der Waals surface area contributed by atoms with Crippen molar-refractivity contribution in [1.29, 1.82) is 0 Å². The number of rotatable bonds is 7. The number of benzene rings is 9. The summed E-state index contributed by atoms with van der Waals surface area (Å²) in [7, 11) is 0. The van der Waals surface area contributed by atoms with Gasteiger partial charge in [0, 0.05) is 38.8 Å². The molecule has 0 N–H and O–H groups in total. The van der Waals surface area contributed by atoms with E-state index in [9.17, 15) is 0 Å². The van der Waals surface area contributed by atoms with Crippen LogP contribution in [0, 0.1) is 0 Å². The molecule has 0 saturated carbocycles. The van der Waals surface area contributed by atoms with Crippen LogP contribution in [0.3, 0.4) is 0 Å². The molecule has 0 radical (unpaired) electrons. The average Bonchev–Trinajstić information content (AvgIpc) is 3.64. The fraction of sp³-hybridized carbons (Fsp3) is 0. The van der Waals surface area contributed by atoms with Crippen molar-refractivity contribution in [2.75, 3.05) is 4.90 Å². The normalized spacial score (nSPS) is 11.3. The van der Waals surface area contributed by atoms with Gasteiger partial charge in [0.2, 0.25) is 0 Å². The van der Waals surface area contributed by atoms with Crippen LogP contribution in [0.1, 0.15) is 0 Å². The lowest BCUT2D eigenvalue weighted by Crippen LogP contribution is -2.10. The number of anilines is 3. The Bertz CT molecular complexity index is 2800. The summed E-state index contributed by atoms with van der Waals surface area (Å²) in [5.74, 6) is 0. The lowest BCUT2D eigenvalue weighted by atomic mass is 9.94. The van der Waals surface area contributed by atoms with Crippen LogP contribution in [0.4, 0.5) is 17.1 Å². The summed E-state index contributed by atoms with van der Waals surface area (Å²) in [6.07, 6.45) is 0. The van der Waals surface area contributed by atoms with Crippen molar-refractivity contribution >= 4 is 49.8 Å². The highest BCUT2D eigenvalue weighted by Gasteiger charge is 2.22. The summed E-state index contributed by atoms with van der Waals surface area (Å²) in [5, 5.41) is 4.46. The smallest absolute Gasteiger partial charge is 0.143 e. The van der Waals surface area contributed by atoms with Crippen molar-refractivity contribution in [3.05, 3.63) is 212 Å². The van der Waals surface area contributed by atoms with E-state index in [4.69, 9.17) is 4.42 Å². The van der Waals surface area contributed by atoms with E-state index >= 15 is 0 Å². The van der Waals surface area contributed by atoms with Gasteiger partial charge in [0.05, 0.1) is 0 Å². The molecule has 10 aromatic rings. The van der Waals surface area contributed by atoms with E-state index < -0.39 is 0 Å². The number of fused-ring (bicyclic) bond motifs is 5. The third-order valence-electron chi connectivity index (χ3n) is 10.5. The molecule has 0 amide bonds. The fourth-order valence-corrected chi connectivity index (χ4v) is 7.82. The van der Waals surface area contributed by atoms with Crippen LogP contribution in [-0.4, -0.2) is 0 Å². The van der Waals surface area contributed by atoms with Gasteiger partial charge in [-0.3, -0.25) is 0 Å². The molecular weight excluding hydrogens is 655 g/mol. The zero-order valence-electron chi connectivity index (χ0n) is 29.6. The lowest BCUT2D eigenvalue weighted by molar-refractivity contribution is 0.674. The summed E-state index contributed by atoms with van der Waals surface area (Å²) in [5.41, 5.74) is 14.3. The molecule has 0 aliphatic rings. The van der Waals surface area contributed by atoms with Crippen LogP contribution in [0.5, 0.6) is 0 Å². The van der Waals surface area contributed by atoms with Crippen LogP contribution in [0.15, 0.2) is 217 Å². The summed E-state index contributed by atoms with van der Waals surface area (Å²) >= 11 is 0. The summed E-state index contributed by atoms with van der Waals surface area (Å²) in [4.78, 5) is 2.37. The Morgan fingerprint density at radius 1 is 0.259 bits per heavy atom. The quantitative estimate of drug-likeness (QED) is 0.166. The van der Waals surface area contributed by atoms with Crippen molar-refractivity contribution in [3.8, 4) is 44.5 Å². The minimum atomic E-state index is 0.883. The van der Waals surface area contributed by atoms with Crippen molar-refractivity contribution in [1.82, 2.24) is 0 Å². The highest BCUT2D eigenvalue weighted by Crippen LogP contribution is 2.46. The van der Waals surface area contributed by atoms with Crippen LogP contribution in [0.25, 0.3) is 77.2 Å². The van der Waals surface area contributed by atoms with Crippen molar-refractivity contribution in [2.45, 2.75) is 0 Å². The molecular formula is C52H35NO. The third kappa shape index (κ3) is 5.62. The summed E-state index contributed by atoms with van der Waals surface area (Å²) in [6.45, 7) is 0. The second-order valence-electron chi connectivity index (χ2n) is 13.7. The maximum Gasteiger partial charge on any atom is 0.143 e. The summed E-state index contributed by atoms with van der Waals surface area (Å²) < 4.78 is 7.00. The monoisotopic (exact) mass is 689 g/mol. The SMILES string of the molecule is c1ccc(-c2ccc(N(c3ccc(-c4ccccc4)cc3)c3cc(-c4ccccc4)c4oc5c6ccccc6c(-c6ccccc6)cc5c4c3)cc2)cc1. The molecule has 2 heteroatoms. The van der Waals surface area contributed by atoms with Gasteiger partial charge in [-0.1, -0.05) is 170 Å². The molecule has 0 atom stereocenters. The number of nitrogens with zero attached hydrogens (tertiary/aromatic N) is 1. The van der Waals surface area contributed by atoms with Gasteiger partial charge in [-0.25, -0.2) is 0 Å². The first-order valence-electron chi connectivity index (χ1n) is 18.4. The Morgan fingerprint density at radius 3 is 1.19 bits per heavy atom. The van der Waals surface area contributed by atoms with Crippen molar-refractivity contribution in [3.63, 3.8) is 0 Å². The third-order valence-corrected chi connectivity index (χ3v) is 10.5. The molecule has 1 heterocycles. The van der Waals surface area contributed by atoms with Gasteiger partial charge in [0.15, 0.2) is 0 Å². The Kier molecular flexibility index (Phi) is 7.85. The Morgan fingerprint density at radius 2 is 0.667 bits per heavy atom. The maximum absolute atomic E-state index is 7.00. The van der Waals surface area contributed by atoms with Crippen LogP contribution >= 0.6 is 0 Å². The number of hydrogen-bond donors (Lipinski definition) is 0. The second-order valence-corrected chi connectivity index (χ2v) is 13.7. The van der Waals surface area contributed by atoms with E-state index in [1.807, 2.05) is 0 Å². The van der Waals surface area contributed by atoms with Crippen LogP contribution in [-0.2, 0) is 0 Å². The van der Waals surface area contributed by atoms with Gasteiger partial charge in [-0.15, -0.1) is 0 Å². The van der Waals surface area contributed by atoms with E-state index in [1.165, 1.54) is 38.8 Å². The molecule has 0 fully saturated rings. The minimum Gasteiger partial charge on any atom is -0.455 e. The lowest BCUT2D eigenvalue weighted by Gasteiger charge is -2.27. The maximum atomic E-state index is 7.00. The van der Waals surface area contributed by atoms with E-state index in [0.717, 1.165) is 55.5 Å². The first-order valence-corrected chi connectivity index (χ1v) is 18.4. The van der Waals surface area contributed by atoms with Gasteiger partial charge >= 0.3 is 0 Å². The largest absolute Gasteiger partial charge is 0.455 e. The highest BCUT2D eigenvalue weighted by atomic mass is 16.3. The molecule has 254 valence electrons. The molecule has 10 rings (SSSR count). The molecule has 54 heavy (non-hydrogen) atoms. The second kappa shape index (κ2) is 13.4. The van der Waals surface area contributed by atoms with E-state index in [2.05, 4.69) is 217 Å². The first-order chi connectivity index (χ1) is 26.8. The average molecular weight is 690 g/mol. The molecule has 0 aliphatic heterocycles. The fourth-order valence-electron chi connectivity index (χ4n) is 7.82. The van der Waals surface area contributed by atoms with Crippen LogP contribution in [0.2, 0.25) is 0 Å². The van der Waals surface area contributed by atoms with Crippen molar-refractivity contribution in [2.24, 2.45) is 0 Å². The molecule has 0 bridgehead atoms. The summed E-state index contributed by atoms with van der Waals surface area (Å²) in [6, 6.07) is 75.7. The van der Waals surface area contributed by atoms with Crippen molar-refractivity contribution < 1.29 is 4.42 Å². The van der Waals surface area contributed by atoms with E-state index in [-0.39, 0.29) is 0 Å². The Hall–Kier alpha value is -7.16. The van der Waals surface area contributed by atoms with Gasteiger partial charge < -0.3 is 9.32 Å². The highest BCUT2D eigenvalue weighted by molar-refractivity contribution is 6.21. The molecule has 0 aliphatic carbocycles. The predicted octanol–water partition coefficient (Wildman–Crippen LogP) is 14.9.